The summed E-state index contributed by atoms with van der Waals surface area (Å²) in [5.41, 5.74) is 2.89. The van der Waals surface area contributed by atoms with Gasteiger partial charge in [0.1, 0.15) is 11.6 Å². The van der Waals surface area contributed by atoms with Gasteiger partial charge >= 0.3 is 0 Å². The fourth-order valence-corrected chi connectivity index (χ4v) is 2.42. The number of rotatable bonds is 5. The Morgan fingerprint density at radius 2 is 2.00 bits per heavy atom. The number of benzene rings is 1. The van der Waals surface area contributed by atoms with Crippen LogP contribution in [0.15, 0.2) is 47.1 Å². The van der Waals surface area contributed by atoms with Crippen molar-refractivity contribution in [3.8, 4) is 0 Å². The van der Waals surface area contributed by atoms with E-state index >= 15 is 0 Å². The monoisotopic (exact) mass is 328 g/mol. The lowest BCUT2D eigenvalue weighted by atomic mass is 10.2. The first-order valence-electron chi connectivity index (χ1n) is 7.25. The molecule has 3 rings (SSSR count). The first-order valence-corrected chi connectivity index (χ1v) is 7.63. The van der Waals surface area contributed by atoms with Crippen LogP contribution in [0.5, 0.6) is 0 Å². The summed E-state index contributed by atoms with van der Waals surface area (Å²) in [5.74, 6) is 2.11. The maximum Gasteiger partial charge on any atom is 0.225 e. The van der Waals surface area contributed by atoms with Gasteiger partial charge in [0.2, 0.25) is 5.95 Å². The molecule has 0 fully saturated rings. The van der Waals surface area contributed by atoms with Crippen molar-refractivity contribution in [1.29, 1.82) is 0 Å². The second kappa shape index (κ2) is 6.71. The molecule has 2 heterocycles. The summed E-state index contributed by atoms with van der Waals surface area (Å²) in [5, 5.41) is 7.18. The second-order valence-corrected chi connectivity index (χ2v) is 5.67. The SMILES string of the molecule is Cc1cc(Nc2ccc(Cl)cc2C)nc(NCc2ccco2)n1. The quantitative estimate of drug-likeness (QED) is 0.711. The standard InChI is InChI=1S/C17H17ClN4O/c1-11-8-13(18)5-6-15(11)21-16-9-12(2)20-17(22-16)19-10-14-4-3-7-23-14/h3-9H,10H2,1-2H3,(H2,19,20,21,22). The predicted octanol–water partition coefficient (Wildman–Crippen LogP) is 4.70. The number of hydrogen-bond acceptors (Lipinski definition) is 5. The maximum absolute atomic E-state index is 5.99. The van der Waals surface area contributed by atoms with E-state index in [0.29, 0.717) is 17.5 Å². The highest BCUT2D eigenvalue weighted by atomic mass is 35.5. The molecule has 3 aromatic rings. The third-order valence-corrected chi connectivity index (χ3v) is 3.54. The molecule has 0 saturated carbocycles. The highest BCUT2D eigenvalue weighted by molar-refractivity contribution is 6.30. The van der Waals surface area contributed by atoms with Gasteiger partial charge in [-0.25, -0.2) is 4.98 Å². The number of hydrogen-bond donors (Lipinski definition) is 2. The number of aryl methyl sites for hydroxylation is 2. The molecule has 0 bridgehead atoms. The largest absolute Gasteiger partial charge is 0.467 e. The minimum atomic E-state index is 0.538. The molecule has 0 unspecified atom stereocenters. The summed E-state index contributed by atoms with van der Waals surface area (Å²) in [6.07, 6.45) is 1.64. The molecule has 118 valence electrons. The van der Waals surface area contributed by atoms with Crippen LogP contribution in [0.3, 0.4) is 0 Å². The summed E-state index contributed by atoms with van der Waals surface area (Å²) in [6, 6.07) is 11.3. The highest BCUT2D eigenvalue weighted by Crippen LogP contribution is 2.23. The van der Waals surface area contributed by atoms with Gasteiger partial charge < -0.3 is 15.1 Å². The smallest absolute Gasteiger partial charge is 0.225 e. The van der Waals surface area contributed by atoms with Crippen LogP contribution in [0.1, 0.15) is 17.0 Å². The minimum Gasteiger partial charge on any atom is -0.467 e. The van der Waals surface area contributed by atoms with Crippen molar-refractivity contribution in [1.82, 2.24) is 9.97 Å². The normalized spacial score (nSPS) is 10.6. The fraction of sp³-hybridized carbons (Fsp3) is 0.176. The van der Waals surface area contributed by atoms with E-state index in [-0.39, 0.29) is 0 Å². The highest BCUT2D eigenvalue weighted by Gasteiger charge is 2.05. The molecule has 0 saturated heterocycles. The lowest BCUT2D eigenvalue weighted by molar-refractivity contribution is 0.517. The Kier molecular flexibility index (Phi) is 4.48. The average Bonchev–Trinajstić information content (AvgIpc) is 3.01. The number of halogens is 1. The first kappa shape index (κ1) is 15.4. The third-order valence-electron chi connectivity index (χ3n) is 3.31. The number of nitrogens with zero attached hydrogens (tertiary/aromatic N) is 2. The van der Waals surface area contributed by atoms with Crippen molar-refractivity contribution in [3.05, 3.63) is 64.7 Å². The maximum atomic E-state index is 5.99. The van der Waals surface area contributed by atoms with Gasteiger partial charge in [0.05, 0.1) is 12.8 Å². The Balaban J connectivity index is 1.77. The predicted molar refractivity (Wildman–Crippen MR) is 92.3 cm³/mol. The first-order chi connectivity index (χ1) is 11.1. The molecule has 0 aliphatic rings. The molecule has 0 radical (unpaired) electrons. The number of furan rings is 1. The van der Waals surface area contributed by atoms with Crippen LogP contribution < -0.4 is 10.6 Å². The molecule has 0 atom stereocenters. The third kappa shape index (κ3) is 4.02. The summed E-state index contributed by atoms with van der Waals surface area (Å²) >= 11 is 5.99. The molecule has 0 aliphatic carbocycles. The van der Waals surface area contributed by atoms with Gasteiger partial charge in [-0.15, -0.1) is 0 Å². The van der Waals surface area contributed by atoms with Crippen molar-refractivity contribution in [3.63, 3.8) is 0 Å². The van der Waals surface area contributed by atoms with Gasteiger partial charge in [0.15, 0.2) is 0 Å². The molecule has 5 nitrogen and oxygen atoms in total. The molecule has 2 N–H and O–H groups in total. The zero-order chi connectivity index (χ0) is 16.2. The van der Waals surface area contributed by atoms with E-state index in [2.05, 4.69) is 20.6 Å². The van der Waals surface area contributed by atoms with Gasteiger partial charge in [-0.05, 0) is 49.7 Å². The van der Waals surface area contributed by atoms with Crippen LogP contribution in [0.2, 0.25) is 5.02 Å². The molecule has 1 aromatic carbocycles. The summed E-state index contributed by atoms with van der Waals surface area (Å²) in [7, 11) is 0. The zero-order valence-corrected chi connectivity index (χ0v) is 13.7. The molecule has 23 heavy (non-hydrogen) atoms. The Morgan fingerprint density at radius 3 is 2.74 bits per heavy atom. The van der Waals surface area contributed by atoms with Gasteiger partial charge in [0, 0.05) is 22.5 Å². The molecule has 0 aliphatic heterocycles. The van der Waals surface area contributed by atoms with Crippen LogP contribution in [-0.2, 0) is 6.54 Å². The lowest BCUT2D eigenvalue weighted by Crippen LogP contribution is -2.06. The van der Waals surface area contributed by atoms with Crippen molar-refractivity contribution in [2.24, 2.45) is 0 Å². The van der Waals surface area contributed by atoms with Crippen LogP contribution in [-0.4, -0.2) is 9.97 Å². The summed E-state index contributed by atoms with van der Waals surface area (Å²) < 4.78 is 5.29. The van der Waals surface area contributed by atoms with Crippen molar-refractivity contribution in [2.45, 2.75) is 20.4 Å². The van der Waals surface area contributed by atoms with Crippen LogP contribution >= 0.6 is 11.6 Å². The Labute approximate surface area is 139 Å². The summed E-state index contributed by atoms with van der Waals surface area (Å²) in [4.78, 5) is 8.87. The van der Waals surface area contributed by atoms with Crippen LogP contribution in [0.25, 0.3) is 0 Å². The van der Waals surface area contributed by atoms with E-state index in [1.54, 1.807) is 6.26 Å². The second-order valence-electron chi connectivity index (χ2n) is 5.24. The minimum absolute atomic E-state index is 0.538. The van der Waals surface area contributed by atoms with E-state index in [9.17, 15) is 0 Å². The van der Waals surface area contributed by atoms with E-state index in [1.165, 1.54) is 0 Å². The Bertz CT molecular complexity index is 802. The van der Waals surface area contributed by atoms with Crippen molar-refractivity contribution >= 4 is 29.1 Å². The molecule has 6 heteroatoms. The number of aromatic nitrogens is 2. The number of anilines is 3. The van der Waals surface area contributed by atoms with Gasteiger partial charge in [0.25, 0.3) is 0 Å². The fourth-order valence-electron chi connectivity index (χ4n) is 2.20. The Morgan fingerprint density at radius 1 is 1.13 bits per heavy atom. The van der Waals surface area contributed by atoms with Crippen molar-refractivity contribution in [2.75, 3.05) is 10.6 Å². The Hall–Kier alpha value is -2.53. The zero-order valence-electron chi connectivity index (χ0n) is 12.9. The van der Waals surface area contributed by atoms with Gasteiger partial charge in [-0.2, -0.15) is 4.98 Å². The molecular weight excluding hydrogens is 312 g/mol. The van der Waals surface area contributed by atoms with Crippen LogP contribution in [0.4, 0.5) is 17.5 Å². The number of nitrogens with one attached hydrogen (secondary N) is 2. The molecule has 2 aromatic heterocycles. The summed E-state index contributed by atoms with van der Waals surface area (Å²) in [6.45, 7) is 4.47. The lowest BCUT2D eigenvalue weighted by Gasteiger charge is -2.11. The van der Waals surface area contributed by atoms with Gasteiger partial charge in [-0.3, -0.25) is 0 Å². The molecular formula is C17H17ClN4O. The topological polar surface area (TPSA) is 63.0 Å². The molecule has 0 amide bonds. The van der Waals surface area contributed by atoms with E-state index in [4.69, 9.17) is 16.0 Å². The van der Waals surface area contributed by atoms with Crippen LogP contribution in [0, 0.1) is 13.8 Å². The van der Waals surface area contributed by atoms with Crippen molar-refractivity contribution < 1.29 is 4.42 Å². The van der Waals surface area contributed by atoms with E-state index in [1.807, 2.05) is 50.2 Å². The average molecular weight is 329 g/mol. The van der Waals surface area contributed by atoms with E-state index in [0.717, 1.165) is 28.5 Å². The van der Waals surface area contributed by atoms with Gasteiger partial charge in [-0.1, -0.05) is 11.6 Å². The van der Waals surface area contributed by atoms with E-state index < -0.39 is 0 Å². The molecule has 0 spiro atoms.